The number of likely N-dealkylation sites (N-methyl/N-ethyl adjacent to an activating group) is 1. The summed E-state index contributed by atoms with van der Waals surface area (Å²) in [6, 6.07) is 0. The molecule has 0 saturated heterocycles. The fourth-order valence-corrected chi connectivity index (χ4v) is 2.87. The third-order valence-electron chi connectivity index (χ3n) is 4.32. The number of hydrogen-bond donors (Lipinski definition) is 3. The van der Waals surface area contributed by atoms with Crippen LogP contribution in [0.1, 0.15) is 27.7 Å². The molecule has 0 radical (unpaired) electrons. The maximum atomic E-state index is 12.3. The van der Waals surface area contributed by atoms with Crippen LogP contribution in [0.25, 0.3) is 11.2 Å². The zero-order valence-corrected chi connectivity index (χ0v) is 15.3. The molecule has 2 aromatic heterocycles. The van der Waals surface area contributed by atoms with Crippen LogP contribution in [0.15, 0.2) is 9.59 Å². The van der Waals surface area contributed by atoms with Crippen LogP contribution in [0.3, 0.4) is 0 Å². The fraction of sp³-hybridized carbons (Fsp3) is 0.688. The van der Waals surface area contributed by atoms with E-state index in [1.807, 2.05) is 4.57 Å². The average molecular weight is 337 g/mol. The van der Waals surface area contributed by atoms with E-state index in [9.17, 15) is 9.59 Å². The van der Waals surface area contributed by atoms with E-state index in [1.165, 1.54) is 9.47 Å². The number of aromatic amines is 1. The zero-order valence-electron chi connectivity index (χ0n) is 15.3. The van der Waals surface area contributed by atoms with Crippen LogP contribution in [0.2, 0.25) is 0 Å². The minimum absolute atomic E-state index is 0.355. The molecule has 0 unspecified atom stereocenters. The molecule has 0 aliphatic carbocycles. The van der Waals surface area contributed by atoms with E-state index in [2.05, 4.69) is 43.0 Å². The Morgan fingerprint density at radius 2 is 1.92 bits per heavy atom. The molecule has 0 aromatic carbocycles. The van der Waals surface area contributed by atoms with Gasteiger partial charge in [-0.15, -0.1) is 0 Å². The van der Waals surface area contributed by atoms with Crippen molar-refractivity contribution in [3.8, 4) is 0 Å². The first-order chi connectivity index (χ1) is 11.4. The molecule has 0 bridgehead atoms. The van der Waals surface area contributed by atoms with Gasteiger partial charge in [-0.05, 0) is 19.8 Å². The molecule has 0 aliphatic rings. The van der Waals surface area contributed by atoms with Gasteiger partial charge in [-0.25, -0.2) is 4.79 Å². The van der Waals surface area contributed by atoms with Gasteiger partial charge in [0.1, 0.15) is 0 Å². The summed E-state index contributed by atoms with van der Waals surface area (Å²) in [7, 11) is 1.62. The first-order valence-corrected chi connectivity index (χ1v) is 8.65. The molecule has 0 fully saturated rings. The third-order valence-corrected chi connectivity index (χ3v) is 4.32. The Morgan fingerprint density at radius 1 is 1.25 bits per heavy atom. The number of anilines is 1. The highest BCUT2D eigenvalue weighted by Crippen LogP contribution is 2.16. The first-order valence-electron chi connectivity index (χ1n) is 8.65. The van der Waals surface area contributed by atoms with Crippen LogP contribution >= 0.6 is 0 Å². The summed E-state index contributed by atoms with van der Waals surface area (Å²) >= 11 is 0. The van der Waals surface area contributed by atoms with Crippen LogP contribution in [0.5, 0.6) is 0 Å². The highest BCUT2D eigenvalue weighted by atomic mass is 16.2. The molecular formula is C16H29N6O2+. The Hall–Kier alpha value is -2.09. The molecule has 0 saturated carbocycles. The molecule has 134 valence electrons. The second-order valence-corrected chi connectivity index (χ2v) is 6.56. The number of fused-ring (bicyclic) bond motifs is 1. The molecule has 8 heteroatoms. The van der Waals surface area contributed by atoms with Crippen molar-refractivity contribution in [2.75, 3.05) is 31.5 Å². The van der Waals surface area contributed by atoms with E-state index >= 15 is 0 Å². The molecule has 2 aromatic rings. The van der Waals surface area contributed by atoms with E-state index in [4.69, 9.17) is 0 Å². The van der Waals surface area contributed by atoms with Crippen molar-refractivity contribution < 1.29 is 4.90 Å². The molecule has 0 aliphatic heterocycles. The van der Waals surface area contributed by atoms with E-state index in [0.717, 1.165) is 26.2 Å². The van der Waals surface area contributed by atoms with Gasteiger partial charge in [-0.1, -0.05) is 13.8 Å². The van der Waals surface area contributed by atoms with Gasteiger partial charge in [0.2, 0.25) is 5.95 Å². The van der Waals surface area contributed by atoms with Crippen LogP contribution < -0.4 is 21.5 Å². The van der Waals surface area contributed by atoms with Gasteiger partial charge in [0.05, 0.1) is 26.2 Å². The highest BCUT2D eigenvalue weighted by Gasteiger charge is 2.18. The summed E-state index contributed by atoms with van der Waals surface area (Å²) in [5.74, 6) is 1.00. The number of aryl methyl sites for hydroxylation is 1. The maximum absolute atomic E-state index is 12.3. The lowest BCUT2D eigenvalue weighted by atomic mass is 10.2. The van der Waals surface area contributed by atoms with Crippen LogP contribution in [0.4, 0.5) is 5.95 Å². The van der Waals surface area contributed by atoms with Crippen LogP contribution in [-0.2, 0) is 13.6 Å². The van der Waals surface area contributed by atoms with Crippen LogP contribution in [-0.4, -0.2) is 45.3 Å². The smallest absolute Gasteiger partial charge is 0.329 e. The Morgan fingerprint density at radius 3 is 2.50 bits per heavy atom. The summed E-state index contributed by atoms with van der Waals surface area (Å²) in [5.41, 5.74) is 0.0371. The van der Waals surface area contributed by atoms with E-state index in [0.29, 0.717) is 29.6 Å². The Labute approximate surface area is 141 Å². The van der Waals surface area contributed by atoms with Crippen molar-refractivity contribution in [1.82, 2.24) is 19.1 Å². The summed E-state index contributed by atoms with van der Waals surface area (Å²) in [4.78, 5) is 32.5. The summed E-state index contributed by atoms with van der Waals surface area (Å²) in [5, 5.41) is 3.34. The Kier molecular flexibility index (Phi) is 5.82. The summed E-state index contributed by atoms with van der Waals surface area (Å²) < 4.78 is 3.27. The zero-order chi connectivity index (χ0) is 17.9. The summed E-state index contributed by atoms with van der Waals surface area (Å²) in [6.45, 7) is 13.1. The molecule has 0 atom stereocenters. The van der Waals surface area contributed by atoms with Crippen molar-refractivity contribution in [3.05, 3.63) is 20.8 Å². The molecule has 0 amide bonds. The first kappa shape index (κ1) is 18.3. The predicted octanol–water partition coefficient (Wildman–Crippen LogP) is -0.584. The van der Waals surface area contributed by atoms with Gasteiger partial charge in [0, 0.05) is 13.6 Å². The fourth-order valence-electron chi connectivity index (χ4n) is 2.87. The maximum Gasteiger partial charge on any atom is 0.329 e. The second kappa shape index (κ2) is 7.65. The summed E-state index contributed by atoms with van der Waals surface area (Å²) in [6.07, 6.45) is 0. The Balaban J connectivity index is 2.41. The van der Waals surface area contributed by atoms with Crippen molar-refractivity contribution in [2.24, 2.45) is 13.0 Å². The number of nitrogens with one attached hydrogen (secondary N) is 3. The quantitative estimate of drug-likeness (QED) is 0.601. The SMILES string of the molecule is CC[NH+](CC)CCNc1nc2c(c(=O)[nH]c(=O)n2C)n1CC(C)C. The van der Waals surface area contributed by atoms with Gasteiger partial charge in [-0.2, -0.15) is 4.98 Å². The van der Waals surface area contributed by atoms with Gasteiger partial charge in [0.15, 0.2) is 11.2 Å². The molecule has 3 N–H and O–H groups in total. The van der Waals surface area contributed by atoms with E-state index in [1.54, 1.807) is 7.05 Å². The lowest BCUT2D eigenvalue weighted by molar-refractivity contribution is -0.894. The lowest BCUT2D eigenvalue weighted by Gasteiger charge is -2.16. The number of H-pyrrole nitrogens is 1. The second-order valence-electron chi connectivity index (χ2n) is 6.56. The standard InChI is InChI=1S/C16H28N6O2/c1-6-21(7-2)9-8-17-15-18-13-12(22(15)10-11(3)4)14(23)19-16(24)20(13)5/h11H,6-10H2,1-5H3,(H,17,18)(H,19,23,24)/p+1. The molecular weight excluding hydrogens is 308 g/mol. The molecule has 0 spiro atoms. The molecule has 8 nitrogen and oxygen atoms in total. The van der Waals surface area contributed by atoms with Crippen molar-refractivity contribution in [2.45, 2.75) is 34.2 Å². The molecule has 2 heterocycles. The van der Waals surface area contributed by atoms with Crippen molar-refractivity contribution in [1.29, 1.82) is 0 Å². The number of hydrogen-bond acceptors (Lipinski definition) is 4. The van der Waals surface area contributed by atoms with Gasteiger partial charge < -0.3 is 14.8 Å². The van der Waals surface area contributed by atoms with Gasteiger partial charge >= 0.3 is 5.69 Å². The highest BCUT2D eigenvalue weighted by molar-refractivity contribution is 5.74. The number of imidazole rings is 1. The van der Waals surface area contributed by atoms with Gasteiger partial charge in [0.25, 0.3) is 5.56 Å². The van der Waals surface area contributed by atoms with Crippen molar-refractivity contribution >= 4 is 17.1 Å². The number of aromatic nitrogens is 4. The monoisotopic (exact) mass is 337 g/mol. The normalized spacial score (nSPS) is 11.8. The molecule has 2 rings (SSSR count). The predicted molar refractivity (Wildman–Crippen MR) is 95.8 cm³/mol. The van der Waals surface area contributed by atoms with Crippen molar-refractivity contribution in [3.63, 3.8) is 0 Å². The number of nitrogens with zero attached hydrogens (tertiary/aromatic N) is 3. The number of rotatable bonds is 8. The Bertz CT molecular complexity index is 797. The largest absolute Gasteiger partial charge is 0.350 e. The topological polar surface area (TPSA) is 89.2 Å². The van der Waals surface area contributed by atoms with E-state index in [-0.39, 0.29) is 5.56 Å². The van der Waals surface area contributed by atoms with E-state index < -0.39 is 5.69 Å². The lowest BCUT2D eigenvalue weighted by Crippen LogP contribution is -3.12. The van der Waals surface area contributed by atoms with Crippen LogP contribution in [0, 0.1) is 5.92 Å². The number of quaternary nitrogens is 1. The minimum atomic E-state index is -0.444. The van der Waals surface area contributed by atoms with Gasteiger partial charge in [-0.3, -0.25) is 14.3 Å². The average Bonchev–Trinajstić information content (AvgIpc) is 2.88. The molecule has 24 heavy (non-hydrogen) atoms. The third kappa shape index (κ3) is 3.69. The minimum Gasteiger partial charge on any atom is -0.350 e.